The zero-order valence-corrected chi connectivity index (χ0v) is 22.6. The quantitative estimate of drug-likeness (QED) is 0.217. The molecule has 3 N–H and O–H groups in total. The van der Waals surface area contributed by atoms with Gasteiger partial charge in [-0.2, -0.15) is 5.21 Å². The van der Waals surface area contributed by atoms with Crippen molar-refractivity contribution in [2.24, 2.45) is 5.92 Å². The van der Waals surface area contributed by atoms with Crippen LogP contribution in [-0.2, 0) is 0 Å². The third kappa shape index (κ3) is 6.11. The summed E-state index contributed by atoms with van der Waals surface area (Å²) in [4.78, 5) is 15.3. The molecule has 0 bridgehead atoms. The number of aromatic amines is 1. The van der Waals surface area contributed by atoms with Crippen LogP contribution in [-0.4, -0.2) is 39.2 Å². The molecule has 0 spiro atoms. The number of tetrazole rings is 1. The smallest absolute Gasteiger partial charge is 0.323 e. The van der Waals surface area contributed by atoms with Gasteiger partial charge < -0.3 is 15.5 Å². The van der Waals surface area contributed by atoms with Crippen LogP contribution in [0.5, 0.6) is 0 Å². The minimum absolute atomic E-state index is 0.0342. The maximum absolute atomic E-state index is 16.3. The minimum Gasteiger partial charge on any atom is -0.364 e. The van der Waals surface area contributed by atoms with Crippen LogP contribution in [0.2, 0.25) is 0 Å². The van der Waals surface area contributed by atoms with E-state index in [1.165, 1.54) is 18.2 Å². The Morgan fingerprint density at radius 2 is 1.65 bits per heavy atom. The minimum atomic E-state index is -0.664. The molecular weight excluding hydrogens is 512 g/mol. The average Bonchev–Trinajstić information content (AvgIpc) is 3.49. The normalized spacial score (nSPS) is 13.8. The molecular formula is C30H33F2N7O. The first-order valence-electron chi connectivity index (χ1n) is 13.7. The molecule has 0 saturated heterocycles. The van der Waals surface area contributed by atoms with Gasteiger partial charge >= 0.3 is 6.03 Å². The second-order valence-corrected chi connectivity index (χ2v) is 10.5. The van der Waals surface area contributed by atoms with E-state index in [-0.39, 0.29) is 17.6 Å². The van der Waals surface area contributed by atoms with Crippen molar-refractivity contribution in [3.8, 4) is 22.5 Å². The van der Waals surface area contributed by atoms with Gasteiger partial charge in [-0.25, -0.2) is 13.6 Å². The number of urea groups is 1. The number of para-hydroxylation sites is 1. The van der Waals surface area contributed by atoms with Crippen LogP contribution in [0.15, 0.2) is 60.7 Å². The lowest BCUT2D eigenvalue weighted by Crippen LogP contribution is -2.40. The van der Waals surface area contributed by atoms with E-state index in [2.05, 4.69) is 50.0 Å². The van der Waals surface area contributed by atoms with Crippen LogP contribution >= 0.6 is 0 Å². The number of anilines is 3. The van der Waals surface area contributed by atoms with Gasteiger partial charge in [0, 0.05) is 18.2 Å². The highest BCUT2D eigenvalue weighted by molar-refractivity contribution is 6.03. The molecule has 0 atom stereocenters. The van der Waals surface area contributed by atoms with E-state index in [0.717, 1.165) is 32.1 Å². The Labute approximate surface area is 232 Å². The predicted octanol–water partition coefficient (Wildman–Crippen LogP) is 7.25. The Morgan fingerprint density at radius 1 is 0.950 bits per heavy atom. The van der Waals surface area contributed by atoms with Gasteiger partial charge in [0.1, 0.15) is 11.6 Å². The molecule has 208 valence electrons. The van der Waals surface area contributed by atoms with E-state index in [4.69, 9.17) is 0 Å². The van der Waals surface area contributed by atoms with Crippen molar-refractivity contribution in [2.75, 3.05) is 22.1 Å². The van der Waals surface area contributed by atoms with Crippen molar-refractivity contribution in [1.29, 1.82) is 0 Å². The topological polar surface area (TPSA) is 98.8 Å². The van der Waals surface area contributed by atoms with Crippen molar-refractivity contribution >= 4 is 23.1 Å². The molecule has 1 aliphatic carbocycles. The molecule has 4 aromatic rings. The van der Waals surface area contributed by atoms with Crippen molar-refractivity contribution in [1.82, 2.24) is 20.6 Å². The lowest BCUT2D eigenvalue weighted by molar-refractivity contribution is 0.262. The predicted molar refractivity (Wildman–Crippen MR) is 153 cm³/mol. The number of carbonyl (C=O) groups is 1. The van der Waals surface area contributed by atoms with Crippen molar-refractivity contribution in [2.45, 2.75) is 52.0 Å². The van der Waals surface area contributed by atoms with Gasteiger partial charge in [0.25, 0.3) is 0 Å². The molecule has 2 amide bonds. The van der Waals surface area contributed by atoms with Gasteiger partial charge in [-0.15, -0.1) is 10.2 Å². The van der Waals surface area contributed by atoms with Gasteiger partial charge in [-0.05, 0) is 59.4 Å². The third-order valence-corrected chi connectivity index (χ3v) is 7.12. The summed E-state index contributed by atoms with van der Waals surface area (Å²) in [5.74, 6) is -0.376. The van der Waals surface area contributed by atoms with Crippen molar-refractivity contribution < 1.29 is 13.6 Å². The number of nitrogens with one attached hydrogen (secondary N) is 3. The van der Waals surface area contributed by atoms with Crippen molar-refractivity contribution in [3.05, 3.63) is 72.3 Å². The molecule has 1 saturated carbocycles. The number of H-pyrrole nitrogens is 1. The zero-order chi connectivity index (χ0) is 28.1. The molecule has 1 aliphatic rings. The number of amides is 2. The molecule has 40 heavy (non-hydrogen) atoms. The highest BCUT2D eigenvalue weighted by Gasteiger charge is 2.28. The fourth-order valence-electron chi connectivity index (χ4n) is 5.39. The van der Waals surface area contributed by atoms with Crippen LogP contribution in [0.1, 0.15) is 46.0 Å². The van der Waals surface area contributed by atoms with Gasteiger partial charge in [0.15, 0.2) is 0 Å². The third-order valence-electron chi connectivity index (χ3n) is 7.12. The van der Waals surface area contributed by atoms with E-state index in [0.29, 0.717) is 40.4 Å². The second-order valence-electron chi connectivity index (χ2n) is 10.5. The molecule has 1 aromatic heterocycles. The molecule has 0 unspecified atom stereocenters. The van der Waals surface area contributed by atoms with Crippen LogP contribution in [0, 0.1) is 17.6 Å². The van der Waals surface area contributed by atoms with E-state index in [1.54, 1.807) is 18.2 Å². The summed E-state index contributed by atoms with van der Waals surface area (Å²) in [6.45, 7) is 4.83. The van der Waals surface area contributed by atoms with Gasteiger partial charge in [-0.3, -0.25) is 0 Å². The summed E-state index contributed by atoms with van der Waals surface area (Å²) in [5.41, 5.74) is 2.56. The molecule has 3 aromatic carbocycles. The molecule has 0 radical (unpaired) electrons. The first kappa shape index (κ1) is 27.2. The number of aromatic nitrogens is 4. The SMILES string of the molecule is CC(C)CN(c1c(F)cc(-c2ccccc2-c2nn[nH]n2)cc1NC(=O)Nc1ccccc1F)C1CCCCC1. The standard InChI is InChI=1S/C30H33F2N7O/c1-19(2)18-39(21-10-4-3-5-11-21)28-25(32)16-20(22-12-6-7-13-23(22)29-35-37-38-36-29)17-27(28)34-30(40)33-26-15-9-8-14-24(26)31/h6-9,12-17,19,21H,3-5,10-11,18H2,1-2H3,(H2,33,34,40)(H,35,36,37,38). The van der Waals surface area contributed by atoms with E-state index in [9.17, 15) is 9.18 Å². The fourth-order valence-corrected chi connectivity index (χ4v) is 5.39. The number of nitrogens with zero attached hydrogens (tertiary/aromatic N) is 4. The number of carbonyl (C=O) groups excluding carboxylic acids is 1. The molecule has 1 fully saturated rings. The number of halogens is 2. The van der Waals surface area contributed by atoms with Gasteiger partial charge in [-0.1, -0.05) is 69.5 Å². The van der Waals surface area contributed by atoms with E-state index < -0.39 is 17.7 Å². The Hall–Kier alpha value is -4.34. The van der Waals surface area contributed by atoms with Crippen molar-refractivity contribution in [3.63, 3.8) is 0 Å². The highest BCUT2D eigenvalue weighted by atomic mass is 19.1. The lowest BCUT2D eigenvalue weighted by Gasteiger charge is -2.38. The largest absolute Gasteiger partial charge is 0.364 e. The fraction of sp³-hybridized carbons (Fsp3) is 0.333. The Morgan fingerprint density at radius 3 is 2.35 bits per heavy atom. The number of benzene rings is 3. The monoisotopic (exact) mass is 545 g/mol. The summed E-state index contributed by atoms with van der Waals surface area (Å²) in [5, 5.41) is 19.7. The Kier molecular flexibility index (Phi) is 8.33. The Balaban J connectivity index is 1.60. The highest BCUT2D eigenvalue weighted by Crippen LogP contribution is 2.40. The summed E-state index contributed by atoms with van der Waals surface area (Å²) >= 11 is 0. The molecule has 0 aliphatic heterocycles. The maximum atomic E-state index is 16.3. The molecule has 10 heteroatoms. The van der Waals surface area contributed by atoms with Crippen LogP contribution in [0.4, 0.5) is 30.6 Å². The summed E-state index contributed by atoms with van der Waals surface area (Å²) in [7, 11) is 0. The van der Waals surface area contributed by atoms with Crippen LogP contribution in [0.25, 0.3) is 22.5 Å². The van der Waals surface area contributed by atoms with E-state index in [1.807, 2.05) is 24.3 Å². The van der Waals surface area contributed by atoms with Gasteiger partial charge in [0.2, 0.25) is 5.82 Å². The maximum Gasteiger partial charge on any atom is 0.323 e. The first-order valence-corrected chi connectivity index (χ1v) is 13.7. The summed E-state index contributed by atoms with van der Waals surface area (Å²) < 4.78 is 30.6. The Bertz CT molecular complexity index is 1450. The number of rotatable bonds is 8. The summed E-state index contributed by atoms with van der Waals surface area (Å²) in [6.07, 6.45) is 5.22. The second kappa shape index (κ2) is 12.2. The zero-order valence-electron chi connectivity index (χ0n) is 22.6. The lowest BCUT2D eigenvalue weighted by atomic mass is 9.92. The van der Waals surface area contributed by atoms with Crippen LogP contribution in [0.3, 0.4) is 0 Å². The van der Waals surface area contributed by atoms with E-state index >= 15 is 4.39 Å². The number of hydrogen-bond acceptors (Lipinski definition) is 5. The van der Waals surface area contributed by atoms with Gasteiger partial charge in [0.05, 0.1) is 17.1 Å². The summed E-state index contributed by atoms with van der Waals surface area (Å²) in [6, 6.07) is 16.0. The molecule has 5 rings (SSSR count). The number of hydrogen-bond donors (Lipinski definition) is 3. The first-order chi connectivity index (χ1) is 19.4. The van der Waals surface area contributed by atoms with Crippen LogP contribution < -0.4 is 15.5 Å². The molecule has 8 nitrogen and oxygen atoms in total. The average molecular weight is 546 g/mol. The molecule has 1 heterocycles.